The Morgan fingerprint density at radius 3 is 1.92 bits per heavy atom. The van der Waals surface area contributed by atoms with Crippen LogP contribution in [0.15, 0.2) is 0 Å². The first-order valence-corrected chi connectivity index (χ1v) is 4.77. The van der Waals surface area contributed by atoms with Gasteiger partial charge < -0.3 is 15.7 Å². The van der Waals surface area contributed by atoms with Gasteiger partial charge in [-0.05, 0) is 32.9 Å². The molecule has 3 N–H and O–H groups in total. The molecule has 80 valence electrons. The smallest absolute Gasteiger partial charge is 0.0718 e. The summed E-state index contributed by atoms with van der Waals surface area (Å²) in [5, 5.41) is 9.58. The number of hydrogen-bond donors (Lipinski definition) is 2. The minimum absolute atomic E-state index is 0.125. The minimum Gasteiger partial charge on any atom is -0.389 e. The maximum Gasteiger partial charge on any atom is 0.0718 e. The Hall–Kier alpha value is -0.120. The normalized spacial score (nSPS) is 13.8. The van der Waals surface area contributed by atoms with E-state index in [2.05, 4.69) is 18.7 Å². The molecule has 0 saturated carbocycles. The van der Waals surface area contributed by atoms with E-state index in [0.29, 0.717) is 13.1 Å². The zero-order chi connectivity index (χ0) is 10.7. The molecule has 0 unspecified atom stereocenters. The summed E-state index contributed by atoms with van der Waals surface area (Å²) in [5.74, 6) is 0. The van der Waals surface area contributed by atoms with Crippen LogP contribution >= 0.6 is 0 Å². The molecule has 0 atom stereocenters. The zero-order valence-corrected chi connectivity index (χ0v) is 9.59. The van der Waals surface area contributed by atoms with Crippen molar-refractivity contribution in [1.82, 2.24) is 4.90 Å². The summed E-state index contributed by atoms with van der Waals surface area (Å²) in [5.41, 5.74) is 5.13. The third kappa shape index (κ3) is 6.99. The lowest BCUT2D eigenvalue weighted by atomic mass is 9.93. The van der Waals surface area contributed by atoms with E-state index in [-0.39, 0.29) is 5.41 Å². The number of hydrogen-bond acceptors (Lipinski definition) is 3. The van der Waals surface area contributed by atoms with Crippen LogP contribution in [0, 0.1) is 5.41 Å². The largest absolute Gasteiger partial charge is 0.389 e. The third-order valence-electron chi connectivity index (χ3n) is 1.91. The quantitative estimate of drug-likeness (QED) is 0.667. The van der Waals surface area contributed by atoms with Crippen molar-refractivity contribution in [2.45, 2.75) is 33.3 Å². The van der Waals surface area contributed by atoms with Crippen molar-refractivity contribution in [3.63, 3.8) is 0 Å². The maximum absolute atomic E-state index is 9.58. The van der Waals surface area contributed by atoms with Crippen LogP contribution in [0.2, 0.25) is 0 Å². The monoisotopic (exact) mass is 188 g/mol. The highest BCUT2D eigenvalue weighted by molar-refractivity contribution is 4.77. The van der Waals surface area contributed by atoms with Gasteiger partial charge in [0.2, 0.25) is 0 Å². The van der Waals surface area contributed by atoms with Gasteiger partial charge in [0, 0.05) is 13.1 Å². The van der Waals surface area contributed by atoms with Crippen molar-refractivity contribution in [2.75, 3.05) is 26.7 Å². The Bertz CT molecular complexity index is 149. The van der Waals surface area contributed by atoms with E-state index < -0.39 is 5.60 Å². The number of nitrogens with zero attached hydrogens (tertiary/aromatic N) is 1. The van der Waals surface area contributed by atoms with Crippen LogP contribution in [-0.4, -0.2) is 42.3 Å². The molecule has 0 radical (unpaired) electrons. The lowest BCUT2D eigenvalue weighted by molar-refractivity contribution is 0.0348. The van der Waals surface area contributed by atoms with Crippen LogP contribution < -0.4 is 5.73 Å². The first-order valence-electron chi connectivity index (χ1n) is 4.77. The van der Waals surface area contributed by atoms with Crippen molar-refractivity contribution in [2.24, 2.45) is 11.1 Å². The number of rotatable bonds is 5. The van der Waals surface area contributed by atoms with Gasteiger partial charge in [-0.2, -0.15) is 0 Å². The fourth-order valence-corrected chi connectivity index (χ4v) is 1.51. The Labute approximate surface area is 81.9 Å². The molecule has 0 spiro atoms. The predicted octanol–water partition coefficient (Wildman–Crippen LogP) is 0.674. The number of aliphatic hydroxyl groups is 1. The van der Waals surface area contributed by atoms with E-state index >= 15 is 0 Å². The molecule has 0 aliphatic heterocycles. The molecule has 0 aliphatic carbocycles. The van der Waals surface area contributed by atoms with Crippen LogP contribution in [0.5, 0.6) is 0 Å². The van der Waals surface area contributed by atoms with E-state index in [1.54, 1.807) is 0 Å². The molecule has 0 aromatic carbocycles. The second-order valence-corrected chi connectivity index (χ2v) is 5.35. The Kier molecular flexibility index (Phi) is 4.36. The van der Waals surface area contributed by atoms with Crippen molar-refractivity contribution < 1.29 is 5.11 Å². The number of likely N-dealkylation sites (N-methyl/N-ethyl adjacent to an activating group) is 1. The molecule has 0 fully saturated rings. The van der Waals surface area contributed by atoms with Crippen LogP contribution in [-0.2, 0) is 0 Å². The van der Waals surface area contributed by atoms with Gasteiger partial charge in [0.15, 0.2) is 0 Å². The average Bonchev–Trinajstić information content (AvgIpc) is 1.81. The van der Waals surface area contributed by atoms with E-state index in [1.165, 1.54) is 0 Å². The molecular weight excluding hydrogens is 164 g/mol. The van der Waals surface area contributed by atoms with Gasteiger partial charge in [-0.1, -0.05) is 13.8 Å². The summed E-state index contributed by atoms with van der Waals surface area (Å²) in [4.78, 5) is 2.12. The van der Waals surface area contributed by atoms with Gasteiger partial charge in [0.1, 0.15) is 0 Å². The standard InChI is InChI=1S/C10H24N2O/c1-9(2,6-11)7-12(5)8-10(3,4)13/h13H,6-8,11H2,1-5H3. The van der Waals surface area contributed by atoms with Crippen LogP contribution in [0.3, 0.4) is 0 Å². The molecule has 0 saturated heterocycles. The fraction of sp³-hybridized carbons (Fsp3) is 1.00. The average molecular weight is 188 g/mol. The molecular formula is C10H24N2O. The number of nitrogens with two attached hydrogens (primary N) is 1. The molecule has 0 rings (SSSR count). The summed E-state index contributed by atoms with van der Waals surface area (Å²) in [6, 6.07) is 0. The van der Waals surface area contributed by atoms with Crippen molar-refractivity contribution in [1.29, 1.82) is 0 Å². The van der Waals surface area contributed by atoms with Gasteiger partial charge in [-0.25, -0.2) is 0 Å². The highest BCUT2D eigenvalue weighted by Gasteiger charge is 2.22. The van der Waals surface area contributed by atoms with Crippen molar-refractivity contribution >= 4 is 0 Å². The molecule has 13 heavy (non-hydrogen) atoms. The lowest BCUT2D eigenvalue weighted by Gasteiger charge is -2.32. The van der Waals surface area contributed by atoms with E-state index in [0.717, 1.165) is 6.54 Å². The molecule has 0 aromatic heterocycles. The summed E-state index contributed by atoms with van der Waals surface area (Å²) in [6.07, 6.45) is 0. The van der Waals surface area contributed by atoms with Crippen molar-refractivity contribution in [3.8, 4) is 0 Å². The van der Waals surface area contributed by atoms with Gasteiger partial charge in [-0.3, -0.25) is 0 Å². The van der Waals surface area contributed by atoms with Crippen LogP contribution in [0.4, 0.5) is 0 Å². The second kappa shape index (κ2) is 4.40. The zero-order valence-electron chi connectivity index (χ0n) is 9.59. The van der Waals surface area contributed by atoms with Crippen LogP contribution in [0.1, 0.15) is 27.7 Å². The third-order valence-corrected chi connectivity index (χ3v) is 1.91. The molecule has 0 heterocycles. The highest BCUT2D eigenvalue weighted by Crippen LogP contribution is 2.15. The molecule has 0 aromatic rings. The van der Waals surface area contributed by atoms with Crippen molar-refractivity contribution in [3.05, 3.63) is 0 Å². The first kappa shape index (κ1) is 12.9. The van der Waals surface area contributed by atoms with Gasteiger partial charge in [0.25, 0.3) is 0 Å². The summed E-state index contributed by atoms with van der Waals surface area (Å²) in [6.45, 7) is 10.2. The van der Waals surface area contributed by atoms with Crippen LogP contribution in [0.25, 0.3) is 0 Å². The Morgan fingerprint density at radius 1 is 1.15 bits per heavy atom. The van der Waals surface area contributed by atoms with Gasteiger partial charge in [-0.15, -0.1) is 0 Å². The van der Waals surface area contributed by atoms with E-state index in [1.807, 2.05) is 20.9 Å². The lowest BCUT2D eigenvalue weighted by Crippen LogP contribution is -2.43. The fourth-order valence-electron chi connectivity index (χ4n) is 1.51. The summed E-state index contributed by atoms with van der Waals surface area (Å²) in [7, 11) is 2.01. The van der Waals surface area contributed by atoms with E-state index in [9.17, 15) is 5.11 Å². The molecule has 3 heteroatoms. The first-order chi connectivity index (χ1) is 5.66. The highest BCUT2D eigenvalue weighted by atomic mass is 16.3. The van der Waals surface area contributed by atoms with E-state index in [4.69, 9.17) is 5.73 Å². The van der Waals surface area contributed by atoms with Gasteiger partial charge >= 0.3 is 0 Å². The molecule has 0 aliphatic rings. The summed E-state index contributed by atoms with van der Waals surface area (Å²) < 4.78 is 0. The van der Waals surface area contributed by atoms with Gasteiger partial charge in [0.05, 0.1) is 5.60 Å². The minimum atomic E-state index is -0.626. The molecule has 0 amide bonds. The predicted molar refractivity (Wildman–Crippen MR) is 56.6 cm³/mol. The molecule has 3 nitrogen and oxygen atoms in total. The summed E-state index contributed by atoms with van der Waals surface area (Å²) >= 11 is 0. The topological polar surface area (TPSA) is 49.5 Å². The molecule has 0 bridgehead atoms. The Balaban J connectivity index is 3.94. The second-order valence-electron chi connectivity index (χ2n) is 5.35. The SMILES string of the molecule is CN(CC(C)(C)O)CC(C)(C)CN. The maximum atomic E-state index is 9.58. The Morgan fingerprint density at radius 2 is 1.62 bits per heavy atom.